The van der Waals surface area contributed by atoms with Gasteiger partial charge < -0.3 is 10.1 Å². The first-order chi connectivity index (χ1) is 27.9. The van der Waals surface area contributed by atoms with Crippen molar-refractivity contribution in [3.63, 3.8) is 0 Å². The fourth-order valence-electron chi connectivity index (χ4n) is 6.11. The van der Waals surface area contributed by atoms with Gasteiger partial charge in [0.15, 0.2) is 5.78 Å². The van der Waals surface area contributed by atoms with Gasteiger partial charge in [0.1, 0.15) is 22.7 Å². The number of nitrogens with one attached hydrogen (secondary N) is 3. The number of hydrogen-bond donors (Lipinski definition) is 4. The molecule has 7 aromatic heterocycles. The Morgan fingerprint density at radius 1 is 0.684 bits per heavy atom. The van der Waals surface area contributed by atoms with Gasteiger partial charge in [0.05, 0.1) is 34.3 Å². The molecule has 0 spiro atoms. The van der Waals surface area contributed by atoms with Crippen LogP contribution in [0.1, 0.15) is 62.0 Å². The minimum Gasteiger partial charge on any atom is -0.478 e. The van der Waals surface area contributed by atoms with Crippen molar-refractivity contribution in [3.05, 3.63) is 162 Å². The van der Waals surface area contributed by atoms with Crippen molar-refractivity contribution in [1.29, 1.82) is 0 Å². The molecule has 4 N–H and O–H groups in total. The number of rotatable bonds is 14. The molecule has 284 valence electrons. The average Bonchev–Trinajstić information content (AvgIpc) is 4.08. The summed E-state index contributed by atoms with van der Waals surface area (Å²) in [5.41, 5.74) is 7.73. The highest BCUT2D eigenvalue weighted by atomic mass is 32.2. The maximum atomic E-state index is 12.6. The lowest BCUT2D eigenvalue weighted by Gasteiger charge is -2.03. The molecule has 17 heteroatoms. The first-order valence-corrected chi connectivity index (χ1v) is 19.5. The topological polar surface area (TPSA) is 201 Å². The van der Waals surface area contributed by atoms with Gasteiger partial charge in [-0.25, -0.2) is 28.8 Å². The summed E-state index contributed by atoms with van der Waals surface area (Å²) in [6, 6.07) is 26.3. The molecule has 9 rings (SSSR count). The van der Waals surface area contributed by atoms with E-state index >= 15 is 0 Å². The van der Waals surface area contributed by atoms with Crippen molar-refractivity contribution in [2.75, 3.05) is 0 Å². The van der Waals surface area contributed by atoms with E-state index in [1.165, 1.54) is 29.9 Å². The van der Waals surface area contributed by atoms with Crippen molar-refractivity contribution in [1.82, 2.24) is 59.6 Å². The Hall–Kier alpha value is -6.85. The third-order valence-corrected chi connectivity index (χ3v) is 10.7. The molecule has 0 aliphatic carbocycles. The predicted molar refractivity (Wildman–Crippen MR) is 213 cm³/mol. The molecule has 0 aliphatic rings. The van der Waals surface area contributed by atoms with Crippen LogP contribution < -0.4 is 0 Å². The molecule has 2 aromatic carbocycles. The van der Waals surface area contributed by atoms with Crippen LogP contribution in [0, 0.1) is 0 Å². The number of fused-ring (bicyclic) bond motifs is 2. The second-order valence-corrected chi connectivity index (χ2v) is 15.0. The van der Waals surface area contributed by atoms with Crippen LogP contribution in [0.15, 0.2) is 142 Å². The van der Waals surface area contributed by atoms with Crippen LogP contribution in [0.25, 0.3) is 11.0 Å². The lowest BCUT2D eigenvalue weighted by atomic mass is 10.1. The van der Waals surface area contributed by atoms with Crippen LogP contribution in [0.5, 0.6) is 0 Å². The summed E-state index contributed by atoms with van der Waals surface area (Å²) in [7, 11) is 0. The van der Waals surface area contributed by atoms with E-state index in [2.05, 4.69) is 50.5 Å². The van der Waals surface area contributed by atoms with Gasteiger partial charge in [-0.2, -0.15) is 20.4 Å². The summed E-state index contributed by atoms with van der Waals surface area (Å²) in [6.45, 7) is 0. The van der Waals surface area contributed by atoms with Crippen molar-refractivity contribution in [2.24, 2.45) is 0 Å². The van der Waals surface area contributed by atoms with Gasteiger partial charge in [-0.05, 0) is 79.6 Å². The van der Waals surface area contributed by atoms with E-state index in [-0.39, 0.29) is 11.3 Å². The summed E-state index contributed by atoms with van der Waals surface area (Å²) >= 11 is 2.94. The van der Waals surface area contributed by atoms with Crippen molar-refractivity contribution >= 4 is 46.3 Å². The lowest BCUT2D eigenvalue weighted by Crippen LogP contribution is -2.00. The predicted octanol–water partition coefficient (Wildman–Crippen LogP) is 7.02. The molecule has 0 atom stereocenters. The number of aromatic nitrogens is 12. The number of benzene rings is 2. The minimum absolute atomic E-state index is 0.148. The molecule has 0 fully saturated rings. The Morgan fingerprint density at radius 2 is 1.26 bits per heavy atom. The Bertz CT molecular complexity index is 2770. The Balaban J connectivity index is 0.000000165. The van der Waals surface area contributed by atoms with Crippen LogP contribution in [0.4, 0.5) is 0 Å². The molecule has 0 unspecified atom stereocenters. The number of nitrogens with zero attached hydrogens (tertiary/aromatic N) is 9. The summed E-state index contributed by atoms with van der Waals surface area (Å²) < 4.78 is 3.59. The van der Waals surface area contributed by atoms with E-state index in [9.17, 15) is 9.59 Å². The summed E-state index contributed by atoms with van der Waals surface area (Å²) in [5.74, 6) is -0.792. The number of carbonyl (C=O) groups is 2. The van der Waals surface area contributed by atoms with Gasteiger partial charge in [0.2, 0.25) is 0 Å². The molecule has 0 aliphatic heterocycles. The zero-order valence-electron chi connectivity index (χ0n) is 30.2. The number of H-pyrrole nitrogens is 3. The zero-order chi connectivity index (χ0) is 39.0. The first kappa shape index (κ1) is 37.1. The van der Waals surface area contributed by atoms with E-state index in [1.807, 2.05) is 83.6 Å². The van der Waals surface area contributed by atoms with Crippen LogP contribution >= 0.6 is 23.5 Å². The second-order valence-electron chi connectivity index (χ2n) is 12.8. The second kappa shape index (κ2) is 17.3. The van der Waals surface area contributed by atoms with E-state index in [0.29, 0.717) is 19.3 Å². The number of imidazole rings is 1. The number of carboxylic acids is 1. The fraction of sp³-hybridized carbons (Fsp3) is 0.125. The normalized spacial score (nSPS) is 11.2. The number of hydrogen-bond acceptors (Lipinski definition) is 11. The van der Waals surface area contributed by atoms with E-state index in [1.54, 1.807) is 41.6 Å². The molecular weight excluding hydrogens is 761 g/mol. The van der Waals surface area contributed by atoms with Crippen LogP contribution in [0.2, 0.25) is 0 Å². The number of ketones is 1. The number of aromatic carboxylic acids is 1. The zero-order valence-corrected chi connectivity index (χ0v) is 31.8. The van der Waals surface area contributed by atoms with Gasteiger partial charge in [-0.3, -0.25) is 15.0 Å². The molecule has 0 amide bonds. The third-order valence-electron chi connectivity index (χ3n) is 8.84. The summed E-state index contributed by atoms with van der Waals surface area (Å²) in [4.78, 5) is 41.3. The maximum absolute atomic E-state index is 12.6. The quantitative estimate of drug-likeness (QED) is 0.0822. The van der Waals surface area contributed by atoms with E-state index in [4.69, 9.17) is 5.11 Å². The van der Waals surface area contributed by atoms with Gasteiger partial charge in [-0.1, -0.05) is 41.7 Å². The molecule has 0 saturated carbocycles. The van der Waals surface area contributed by atoms with Crippen molar-refractivity contribution in [3.8, 4) is 0 Å². The number of Topliss-reactive ketones (excluding diaryl/α,β-unsaturated/α-hetero) is 1. The molecule has 0 radical (unpaired) electrons. The number of aromatic amines is 3. The van der Waals surface area contributed by atoms with Gasteiger partial charge in [-0.15, -0.1) is 0 Å². The molecule has 9 aromatic rings. The standard InChI is InChI=1S/C23H21N7OS.C17H13N5O2S/c31-22(8-2-5-17-13-24-14-25-17)16-4-1-6-19(10-16)32-23-12-18(28-29-23)11-20-21-7-3-9-30(21)27-15-26-20;23-17(24)11-3-1-4-13(7-11)25-16-9-12(20-21-16)8-14-15-5-2-6-22(15)19-10-18-14/h1,3-4,6-7,9-10,12-15H,2,5,8,11H2,(H,24,25)(H,28,29);1-7,9-10H,8H2,(H,20,21)(H,23,24). The van der Waals surface area contributed by atoms with Crippen molar-refractivity contribution < 1.29 is 14.7 Å². The van der Waals surface area contributed by atoms with Crippen LogP contribution in [-0.2, 0) is 19.3 Å². The fourth-order valence-corrected chi connectivity index (χ4v) is 7.84. The smallest absolute Gasteiger partial charge is 0.335 e. The molecule has 0 saturated heterocycles. The lowest BCUT2D eigenvalue weighted by molar-refractivity contribution is 0.0696. The Morgan fingerprint density at radius 3 is 1.82 bits per heavy atom. The SMILES string of the molecule is O=C(CCCc1cnc[nH]1)c1cccc(Sc2cc(Cc3ncnn4cccc34)[nH]n2)c1.O=C(O)c1cccc(Sc2cc(Cc3ncnn4cccc34)[nH]n2)c1. The largest absolute Gasteiger partial charge is 0.478 e. The van der Waals surface area contributed by atoms with Crippen LogP contribution in [-0.4, -0.2) is 76.4 Å². The monoisotopic (exact) mass is 794 g/mol. The molecule has 0 bridgehead atoms. The summed E-state index contributed by atoms with van der Waals surface area (Å²) in [5, 5.41) is 33.9. The van der Waals surface area contributed by atoms with Crippen molar-refractivity contribution in [2.45, 2.75) is 51.9 Å². The first-order valence-electron chi connectivity index (χ1n) is 17.9. The molecular formula is C40H34N12O3S2. The van der Waals surface area contributed by atoms with Gasteiger partial charge >= 0.3 is 5.97 Å². The Kier molecular flexibility index (Phi) is 11.3. The molecule has 7 heterocycles. The minimum atomic E-state index is -0.940. The number of carbonyl (C=O) groups excluding carboxylic acids is 1. The summed E-state index contributed by atoms with van der Waals surface area (Å²) in [6.07, 6.45) is 13.7. The van der Waals surface area contributed by atoms with E-state index < -0.39 is 5.97 Å². The number of carboxylic acid groups (broad SMARTS) is 1. The highest BCUT2D eigenvalue weighted by Gasteiger charge is 2.13. The molecule has 15 nitrogen and oxygen atoms in total. The molecule has 57 heavy (non-hydrogen) atoms. The van der Waals surface area contributed by atoms with Gasteiger partial charge in [0, 0.05) is 70.3 Å². The highest BCUT2D eigenvalue weighted by Crippen LogP contribution is 2.29. The third kappa shape index (κ3) is 9.34. The highest BCUT2D eigenvalue weighted by molar-refractivity contribution is 7.99. The Labute approximate surface area is 333 Å². The average molecular weight is 795 g/mol. The van der Waals surface area contributed by atoms with Gasteiger partial charge in [0.25, 0.3) is 0 Å². The maximum Gasteiger partial charge on any atom is 0.335 e. The van der Waals surface area contributed by atoms with E-state index in [0.717, 1.165) is 77.8 Å². The van der Waals surface area contributed by atoms with Crippen LogP contribution in [0.3, 0.4) is 0 Å². The number of aryl methyl sites for hydroxylation is 1.